The first-order valence-corrected chi connectivity index (χ1v) is 7.47. The van der Waals surface area contributed by atoms with Crippen LogP contribution < -0.4 is 0 Å². The van der Waals surface area contributed by atoms with E-state index in [0.29, 0.717) is 17.2 Å². The van der Waals surface area contributed by atoms with Crippen LogP contribution in [0.3, 0.4) is 0 Å². The van der Waals surface area contributed by atoms with Crippen molar-refractivity contribution in [2.75, 3.05) is 19.6 Å². The largest absolute Gasteiger partial charge is 0.420 e. The van der Waals surface area contributed by atoms with Crippen molar-refractivity contribution in [3.63, 3.8) is 0 Å². The summed E-state index contributed by atoms with van der Waals surface area (Å²) in [6.45, 7) is 10.0. The van der Waals surface area contributed by atoms with Crippen LogP contribution in [0.2, 0.25) is 0 Å². The molecule has 0 N–H and O–H groups in total. The molecule has 1 aliphatic heterocycles. The van der Waals surface area contributed by atoms with E-state index in [9.17, 15) is 0 Å². The Morgan fingerprint density at radius 1 is 1.24 bits per heavy atom. The molecule has 5 nitrogen and oxygen atoms in total. The maximum atomic E-state index is 5.86. The lowest BCUT2D eigenvalue weighted by Crippen LogP contribution is -2.30. The summed E-state index contributed by atoms with van der Waals surface area (Å²) >= 11 is 0. The second kappa shape index (κ2) is 5.56. The molecule has 3 heterocycles. The lowest BCUT2D eigenvalue weighted by Gasteiger charge is -2.25. The summed E-state index contributed by atoms with van der Waals surface area (Å²) in [6, 6.07) is 3.77. The van der Waals surface area contributed by atoms with Gasteiger partial charge in [-0.2, -0.15) is 0 Å². The predicted molar refractivity (Wildman–Crippen MR) is 80.8 cm³/mol. The summed E-state index contributed by atoms with van der Waals surface area (Å²) in [4.78, 5) is 6.49. The van der Waals surface area contributed by atoms with Crippen LogP contribution in [0.5, 0.6) is 0 Å². The number of pyridine rings is 1. The van der Waals surface area contributed by atoms with Crippen molar-refractivity contribution in [2.24, 2.45) is 5.41 Å². The van der Waals surface area contributed by atoms with Crippen LogP contribution in [0.15, 0.2) is 28.9 Å². The molecule has 112 valence electrons. The van der Waals surface area contributed by atoms with Gasteiger partial charge in [-0.25, -0.2) is 0 Å². The van der Waals surface area contributed by atoms with Crippen LogP contribution in [-0.4, -0.2) is 39.7 Å². The van der Waals surface area contributed by atoms with Gasteiger partial charge in [0.1, 0.15) is 0 Å². The molecule has 0 radical (unpaired) electrons. The van der Waals surface area contributed by atoms with Gasteiger partial charge in [0.05, 0.1) is 5.92 Å². The minimum Gasteiger partial charge on any atom is -0.420 e. The van der Waals surface area contributed by atoms with Gasteiger partial charge in [-0.1, -0.05) is 20.8 Å². The number of nitrogens with zero attached hydrogens (tertiary/aromatic N) is 4. The Hall–Kier alpha value is -1.75. The summed E-state index contributed by atoms with van der Waals surface area (Å²) in [5, 5.41) is 8.41. The summed E-state index contributed by atoms with van der Waals surface area (Å²) < 4.78 is 5.86. The molecule has 1 fully saturated rings. The van der Waals surface area contributed by atoms with Gasteiger partial charge in [0.15, 0.2) is 0 Å². The van der Waals surface area contributed by atoms with Crippen molar-refractivity contribution in [3.8, 4) is 11.5 Å². The topological polar surface area (TPSA) is 55.1 Å². The van der Waals surface area contributed by atoms with Crippen molar-refractivity contribution < 1.29 is 4.42 Å². The second-order valence-corrected chi connectivity index (χ2v) is 6.96. The fraction of sp³-hybridized carbons (Fsp3) is 0.562. The maximum Gasteiger partial charge on any atom is 0.247 e. The predicted octanol–water partition coefficient (Wildman–Crippen LogP) is 2.97. The number of likely N-dealkylation sites (tertiary alicyclic amines) is 1. The minimum atomic E-state index is 0.325. The number of hydrogen-bond acceptors (Lipinski definition) is 5. The van der Waals surface area contributed by atoms with Gasteiger partial charge in [0.25, 0.3) is 0 Å². The smallest absolute Gasteiger partial charge is 0.247 e. The number of hydrogen-bond donors (Lipinski definition) is 0. The quantitative estimate of drug-likeness (QED) is 0.868. The highest BCUT2D eigenvalue weighted by molar-refractivity contribution is 5.50. The van der Waals surface area contributed by atoms with Crippen molar-refractivity contribution in [3.05, 3.63) is 30.4 Å². The van der Waals surface area contributed by atoms with E-state index in [1.807, 2.05) is 12.1 Å². The number of rotatable bonds is 3. The summed E-state index contributed by atoms with van der Waals surface area (Å²) in [6.07, 6.45) is 4.56. The first kappa shape index (κ1) is 14.2. The fourth-order valence-electron chi connectivity index (χ4n) is 2.86. The third-order valence-electron chi connectivity index (χ3n) is 3.69. The molecular formula is C16H22N4O. The molecule has 3 rings (SSSR count). The molecule has 1 aliphatic rings. The van der Waals surface area contributed by atoms with E-state index in [1.54, 1.807) is 12.4 Å². The van der Waals surface area contributed by atoms with Gasteiger partial charge in [0, 0.05) is 31.0 Å². The highest BCUT2D eigenvalue weighted by atomic mass is 16.4. The Kier molecular flexibility index (Phi) is 3.76. The zero-order chi connectivity index (χ0) is 14.9. The normalized spacial score (nSPS) is 20.0. The molecule has 0 saturated carbocycles. The van der Waals surface area contributed by atoms with Gasteiger partial charge < -0.3 is 9.32 Å². The lowest BCUT2D eigenvalue weighted by atomic mass is 9.96. The van der Waals surface area contributed by atoms with E-state index >= 15 is 0 Å². The lowest BCUT2D eigenvalue weighted by molar-refractivity contribution is 0.223. The number of aromatic nitrogens is 3. The van der Waals surface area contributed by atoms with E-state index in [2.05, 4.69) is 40.9 Å². The van der Waals surface area contributed by atoms with E-state index in [-0.39, 0.29) is 0 Å². The molecule has 21 heavy (non-hydrogen) atoms. The van der Waals surface area contributed by atoms with Gasteiger partial charge in [-0.15, -0.1) is 10.2 Å². The molecule has 0 bridgehead atoms. The van der Waals surface area contributed by atoms with E-state index in [0.717, 1.165) is 37.5 Å². The van der Waals surface area contributed by atoms with E-state index in [1.165, 1.54) is 0 Å². The van der Waals surface area contributed by atoms with Gasteiger partial charge in [-0.3, -0.25) is 4.98 Å². The SMILES string of the molecule is CC(C)(C)CN1CCC(c2nnc(-c3ccncc3)o2)C1. The van der Waals surface area contributed by atoms with E-state index in [4.69, 9.17) is 4.42 Å². The molecule has 0 spiro atoms. The first-order chi connectivity index (χ1) is 10.0. The van der Waals surface area contributed by atoms with Gasteiger partial charge >= 0.3 is 0 Å². The molecule has 0 amide bonds. The zero-order valence-corrected chi connectivity index (χ0v) is 12.9. The second-order valence-electron chi connectivity index (χ2n) is 6.96. The standard InChI is InChI=1S/C16H22N4O/c1-16(2,3)11-20-9-6-13(10-20)15-19-18-14(21-15)12-4-7-17-8-5-12/h4-5,7-8,13H,6,9-11H2,1-3H3. The molecule has 0 aromatic carbocycles. The van der Waals surface area contributed by atoms with Gasteiger partial charge in [0.2, 0.25) is 11.8 Å². The molecular weight excluding hydrogens is 264 g/mol. The van der Waals surface area contributed by atoms with E-state index < -0.39 is 0 Å². The molecule has 2 aromatic rings. The first-order valence-electron chi connectivity index (χ1n) is 7.47. The van der Waals surface area contributed by atoms with Crippen molar-refractivity contribution in [1.29, 1.82) is 0 Å². The molecule has 5 heteroatoms. The third kappa shape index (κ3) is 3.47. The van der Waals surface area contributed by atoms with Crippen molar-refractivity contribution in [1.82, 2.24) is 20.1 Å². The monoisotopic (exact) mass is 286 g/mol. The van der Waals surface area contributed by atoms with Crippen LogP contribution in [-0.2, 0) is 0 Å². The molecule has 1 atom stereocenters. The summed E-state index contributed by atoms with van der Waals surface area (Å²) in [5.74, 6) is 1.70. The van der Waals surface area contributed by atoms with Gasteiger partial charge in [-0.05, 0) is 30.5 Å². The minimum absolute atomic E-state index is 0.325. The Balaban J connectivity index is 1.68. The summed E-state index contributed by atoms with van der Waals surface area (Å²) in [7, 11) is 0. The Bertz CT molecular complexity index is 588. The van der Waals surface area contributed by atoms with Crippen LogP contribution >= 0.6 is 0 Å². The van der Waals surface area contributed by atoms with Crippen molar-refractivity contribution >= 4 is 0 Å². The van der Waals surface area contributed by atoms with Crippen LogP contribution in [0, 0.1) is 5.41 Å². The fourth-order valence-corrected chi connectivity index (χ4v) is 2.86. The zero-order valence-electron chi connectivity index (χ0n) is 12.9. The molecule has 2 aromatic heterocycles. The summed E-state index contributed by atoms with van der Waals surface area (Å²) in [5.41, 5.74) is 1.25. The maximum absolute atomic E-state index is 5.86. The van der Waals surface area contributed by atoms with Crippen LogP contribution in [0.4, 0.5) is 0 Å². The van der Waals surface area contributed by atoms with Crippen LogP contribution in [0.25, 0.3) is 11.5 Å². The van der Waals surface area contributed by atoms with Crippen LogP contribution in [0.1, 0.15) is 39.0 Å². The Morgan fingerprint density at radius 2 is 2.00 bits per heavy atom. The molecule has 1 saturated heterocycles. The van der Waals surface area contributed by atoms with Crippen molar-refractivity contribution in [2.45, 2.75) is 33.1 Å². The Labute approximate surface area is 125 Å². The third-order valence-corrected chi connectivity index (χ3v) is 3.69. The highest BCUT2D eigenvalue weighted by Gasteiger charge is 2.30. The highest BCUT2D eigenvalue weighted by Crippen LogP contribution is 2.30. The average Bonchev–Trinajstić information content (AvgIpc) is 3.06. The average molecular weight is 286 g/mol. The molecule has 1 unspecified atom stereocenters. The Morgan fingerprint density at radius 3 is 2.71 bits per heavy atom. The molecule has 0 aliphatic carbocycles.